The van der Waals surface area contributed by atoms with E-state index in [-0.39, 0.29) is 18.0 Å². The first kappa shape index (κ1) is 27.8. The molecule has 0 spiro atoms. The van der Waals surface area contributed by atoms with Crippen LogP contribution < -0.4 is 26.5 Å². The third-order valence-electron chi connectivity index (χ3n) is 3.93. The number of nitriles is 1. The highest BCUT2D eigenvalue weighted by Crippen LogP contribution is 2.30. The quantitative estimate of drug-likeness (QED) is 0.370. The molecule has 0 unspecified atom stereocenters. The summed E-state index contributed by atoms with van der Waals surface area (Å²) in [6.07, 6.45) is -4.47. The molecule has 5 N–H and O–H groups in total. The maximum Gasteiger partial charge on any atom is 0.435 e. The summed E-state index contributed by atoms with van der Waals surface area (Å²) in [6.45, 7) is 1.39. The number of hydrazine groups is 1. The van der Waals surface area contributed by atoms with Gasteiger partial charge in [-0.2, -0.15) is 23.5 Å². The second-order valence-electron chi connectivity index (χ2n) is 6.47. The van der Waals surface area contributed by atoms with Gasteiger partial charge < -0.3 is 20.6 Å². The van der Waals surface area contributed by atoms with Gasteiger partial charge in [0, 0.05) is 11.8 Å². The number of alkyl halides is 3. The van der Waals surface area contributed by atoms with Gasteiger partial charge in [-0.15, -0.1) is 0 Å². The SMILES string of the molecule is CC(=O)CC#N.COc1ccc(-n2nc(C(F)(F)F)cc2N)cc1.COc1ccc(NN)cc1. The summed E-state index contributed by atoms with van der Waals surface area (Å²) in [5.41, 5.74) is 8.32. The molecule has 0 aliphatic rings. The first-order valence-corrected chi connectivity index (χ1v) is 9.59. The van der Waals surface area contributed by atoms with Crippen molar-refractivity contribution >= 4 is 17.3 Å². The predicted molar refractivity (Wildman–Crippen MR) is 121 cm³/mol. The largest absolute Gasteiger partial charge is 0.497 e. The number of benzene rings is 2. The van der Waals surface area contributed by atoms with Crippen LogP contribution in [0.3, 0.4) is 0 Å². The number of hydrogen-bond donors (Lipinski definition) is 3. The Labute approximate surface area is 194 Å². The Bertz CT molecular complexity index is 1050. The van der Waals surface area contributed by atoms with Crippen molar-refractivity contribution in [2.75, 3.05) is 25.4 Å². The van der Waals surface area contributed by atoms with E-state index in [1.807, 2.05) is 24.3 Å². The van der Waals surface area contributed by atoms with Crippen molar-refractivity contribution in [3.05, 3.63) is 60.3 Å². The number of carbonyl (C=O) groups excluding carboxylic acids is 1. The van der Waals surface area contributed by atoms with E-state index in [0.29, 0.717) is 11.4 Å². The van der Waals surface area contributed by atoms with Crippen LogP contribution >= 0.6 is 0 Å². The van der Waals surface area contributed by atoms with E-state index >= 15 is 0 Å². The van der Waals surface area contributed by atoms with Crippen LogP contribution in [0.15, 0.2) is 54.6 Å². The number of ether oxygens (including phenoxy) is 2. The van der Waals surface area contributed by atoms with Gasteiger partial charge in [0.2, 0.25) is 0 Å². The molecule has 2 aromatic carbocycles. The van der Waals surface area contributed by atoms with Crippen LogP contribution in [0.5, 0.6) is 11.5 Å². The average Bonchev–Trinajstić information content (AvgIpc) is 3.22. The number of Topliss-reactive ketones (excluding diaryl/α,β-unsaturated/α-hetero) is 1. The summed E-state index contributed by atoms with van der Waals surface area (Å²) >= 11 is 0. The predicted octanol–water partition coefficient (Wildman–Crippen LogP) is 3.95. The Hall–Kier alpha value is -4.24. The molecule has 0 radical (unpaired) electrons. The molecule has 3 rings (SSSR count). The summed E-state index contributed by atoms with van der Waals surface area (Å²) in [6, 6.07) is 16.3. The van der Waals surface area contributed by atoms with Crippen molar-refractivity contribution in [3.63, 3.8) is 0 Å². The molecule has 9 nitrogen and oxygen atoms in total. The molecule has 3 aromatic rings. The zero-order valence-corrected chi connectivity index (χ0v) is 18.8. The van der Waals surface area contributed by atoms with Crippen molar-refractivity contribution in [3.8, 4) is 23.3 Å². The lowest BCUT2D eigenvalue weighted by Crippen LogP contribution is -2.07. The highest BCUT2D eigenvalue weighted by atomic mass is 19.4. The van der Waals surface area contributed by atoms with Gasteiger partial charge >= 0.3 is 6.18 Å². The number of carbonyl (C=O) groups is 1. The van der Waals surface area contributed by atoms with Gasteiger partial charge in [0.05, 0.1) is 32.4 Å². The molecule has 0 aliphatic carbocycles. The Morgan fingerprint density at radius 1 is 1.09 bits per heavy atom. The van der Waals surface area contributed by atoms with Gasteiger partial charge in [0.1, 0.15) is 23.1 Å². The molecule has 34 heavy (non-hydrogen) atoms. The minimum Gasteiger partial charge on any atom is -0.497 e. The zero-order chi connectivity index (χ0) is 25.7. The van der Waals surface area contributed by atoms with Crippen molar-refractivity contribution in [2.24, 2.45) is 5.84 Å². The van der Waals surface area contributed by atoms with E-state index < -0.39 is 11.9 Å². The molecule has 12 heteroatoms. The van der Waals surface area contributed by atoms with Crippen LogP contribution in [0, 0.1) is 11.3 Å². The maximum absolute atomic E-state index is 12.5. The fraction of sp³-hybridized carbons (Fsp3) is 0.227. The second kappa shape index (κ2) is 13.3. The monoisotopic (exact) mass is 478 g/mol. The third-order valence-corrected chi connectivity index (χ3v) is 3.93. The number of halogens is 3. The van der Waals surface area contributed by atoms with Crippen LogP contribution in [0.4, 0.5) is 24.7 Å². The lowest BCUT2D eigenvalue weighted by molar-refractivity contribution is -0.141. The topological polar surface area (TPSA) is 141 Å². The molecule has 0 bridgehead atoms. The fourth-order valence-corrected chi connectivity index (χ4v) is 2.26. The number of methoxy groups -OCH3 is 2. The Balaban J connectivity index is 0.000000303. The number of nitrogen functional groups attached to an aromatic ring is 2. The molecule has 0 amide bonds. The molecular weight excluding hydrogens is 453 g/mol. The Morgan fingerprint density at radius 3 is 1.91 bits per heavy atom. The van der Waals surface area contributed by atoms with Gasteiger partial charge in [0.15, 0.2) is 5.69 Å². The summed E-state index contributed by atoms with van der Waals surface area (Å²) in [4.78, 5) is 9.82. The van der Waals surface area contributed by atoms with Gasteiger partial charge in [-0.1, -0.05) is 0 Å². The summed E-state index contributed by atoms with van der Waals surface area (Å²) in [5, 5.41) is 11.2. The van der Waals surface area contributed by atoms with Gasteiger partial charge in [-0.25, -0.2) is 4.68 Å². The van der Waals surface area contributed by atoms with Gasteiger partial charge in [0.25, 0.3) is 0 Å². The number of anilines is 2. The first-order chi connectivity index (χ1) is 16.0. The Kier molecular flexibility index (Phi) is 10.9. The number of hydrogen-bond acceptors (Lipinski definition) is 8. The van der Waals surface area contributed by atoms with E-state index in [9.17, 15) is 18.0 Å². The second-order valence-corrected chi connectivity index (χ2v) is 6.47. The summed E-state index contributed by atoms with van der Waals surface area (Å²) < 4.78 is 48.3. The van der Waals surface area contributed by atoms with Crippen LogP contribution in [-0.2, 0) is 11.0 Å². The summed E-state index contributed by atoms with van der Waals surface area (Å²) in [7, 11) is 3.13. The standard InChI is InChI=1S/C11H10F3N3O.C7H10N2O.C4H5NO/c1-18-8-4-2-7(3-5-8)17-10(15)6-9(16-17)11(12,13)14;1-10-7-4-2-6(9-8)3-5-7;1-4(6)2-3-5/h2-6H,15H2,1H3;2-5,9H,8H2,1H3;2H2,1H3. The molecule has 182 valence electrons. The van der Waals surface area contributed by atoms with E-state index in [1.165, 1.54) is 14.0 Å². The molecule has 1 aromatic heterocycles. The van der Waals surface area contributed by atoms with E-state index in [1.54, 1.807) is 37.4 Å². The number of nitrogens with zero attached hydrogens (tertiary/aromatic N) is 3. The minimum atomic E-state index is -4.51. The highest BCUT2D eigenvalue weighted by Gasteiger charge is 2.34. The lowest BCUT2D eigenvalue weighted by atomic mass is 10.3. The maximum atomic E-state index is 12.5. The van der Waals surface area contributed by atoms with Crippen molar-refractivity contribution in [2.45, 2.75) is 19.5 Å². The molecule has 0 saturated carbocycles. The molecule has 1 heterocycles. The van der Waals surface area contributed by atoms with E-state index in [4.69, 9.17) is 26.3 Å². The average molecular weight is 478 g/mol. The van der Waals surface area contributed by atoms with Crippen LogP contribution in [0.2, 0.25) is 0 Å². The van der Waals surface area contributed by atoms with Crippen molar-refractivity contribution in [1.29, 1.82) is 5.26 Å². The molecule has 0 fully saturated rings. The smallest absolute Gasteiger partial charge is 0.435 e. The van der Waals surface area contributed by atoms with E-state index in [0.717, 1.165) is 22.2 Å². The number of nitrogens with two attached hydrogens (primary N) is 2. The minimum absolute atomic E-state index is 0.0417. The number of ketones is 1. The van der Waals surface area contributed by atoms with Gasteiger partial charge in [-0.05, 0) is 55.5 Å². The van der Waals surface area contributed by atoms with Crippen molar-refractivity contribution in [1.82, 2.24) is 9.78 Å². The lowest BCUT2D eigenvalue weighted by Gasteiger charge is -2.05. The summed E-state index contributed by atoms with van der Waals surface area (Å²) in [5.74, 6) is 6.43. The highest BCUT2D eigenvalue weighted by molar-refractivity contribution is 5.77. The normalized spacial score (nSPS) is 9.94. The van der Waals surface area contributed by atoms with Crippen LogP contribution in [-0.4, -0.2) is 29.8 Å². The number of aromatic nitrogens is 2. The van der Waals surface area contributed by atoms with E-state index in [2.05, 4.69) is 10.5 Å². The molecule has 0 saturated heterocycles. The van der Waals surface area contributed by atoms with Gasteiger partial charge in [-0.3, -0.25) is 10.6 Å². The number of nitrogens with one attached hydrogen (secondary N) is 1. The molecular formula is C22H25F3N6O3. The number of rotatable bonds is 5. The molecule has 0 aliphatic heterocycles. The first-order valence-electron chi connectivity index (χ1n) is 9.59. The Morgan fingerprint density at radius 2 is 1.59 bits per heavy atom. The van der Waals surface area contributed by atoms with Crippen molar-refractivity contribution < 1.29 is 27.4 Å². The molecule has 0 atom stereocenters. The fourth-order valence-electron chi connectivity index (χ4n) is 2.26. The van der Waals surface area contributed by atoms with Crippen LogP contribution in [0.1, 0.15) is 19.0 Å². The zero-order valence-electron chi connectivity index (χ0n) is 18.8. The van der Waals surface area contributed by atoms with Crippen LogP contribution in [0.25, 0.3) is 5.69 Å². The third kappa shape index (κ3) is 9.09.